The largest absolute Gasteiger partial charge is 0.377 e. The molecule has 0 saturated heterocycles. The molecule has 0 atom stereocenters. The summed E-state index contributed by atoms with van der Waals surface area (Å²) in [6, 6.07) is 0.670. The van der Waals surface area contributed by atoms with Crippen molar-refractivity contribution in [3.63, 3.8) is 0 Å². The second-order valence-corrected chi connectivity index (χ2v) is 8.70. The first-order chi connectivity index (χ1) is 9.36. The normalized spacial score (nSPS) is 27.6. The van der Waals surface area contributed by atoms with E-state index >= 15 is 0 Å². The van der Waals surface area contributed by atoms with E-state index in [0.717, 1.165) is 13.2 Å². The molecule has 0 radical (unpaired) electrons. The van der Waals surface area contributed by atoms with Crippen LogP contribution < -0.4 is 5.32 Å². The third-order valence-corrected chi connectivity index (χ3v) is 5.00. The van der Waals surface area contributed by atoms with Crippen molar-refractivity contribution >= 4 is 0 Å². The van der Waals surface area contributed by atoms with Crippen LogP contribution in [-0.4, -0.2) is 25.3 Å². The van der Waals surface area contributed by atoms with Gasteiger partial charge >= 0.3 is 0 Å². The van der Waals surface area contributed by atoms with E-state index in [4.69, 9.17) is 4.74 Å². The SMILES string of the molecule is CC1(C)CC(NCCOC2CCCCC2)CC(C)(C)C1. The molecule has 0 bridgehead atoms. The van der Waals surface area contributed by atoms with E-state index in [2.05, 4.69) is 33.0 Å². The van der Waals surface area contributed by atoms with Crippen LogP contribution in [0.25, 0.3) is 0 Å². The highest BCUT2D eigenvalue weighted by atomic mass is 16.5. The zero-order chi connectivity index (χ0) is 14.6. The van der Waals surface area contributed by atoms with Gasteiger partial charge in [-0.05, 0) is 42.9 Å². The summed E-state index contributed by atoms with van der Waals surface area (Å²) in [6.07, 6.45) is 11.2. The second kappa shape index (κ2) is 6.79. The lowest BCUT2D eigenvalue weighted by molar-refractivity contribution is 0.0244. The standard InChI is InChI=1S/C18H35NO/c1-17(2)12-15(13-18(3,4)14-17)19-10-11-20-16-8-6-5-7-9-16/h15-16,19H,5-14H2,1-4H3. The Morgan fingerprint density at radius 1 is 0.950 bits per heavy atom. The highest BCUT2D eigenvalue weighted by Crippen LogP contribution is 2.45. The van der Waals surface area contributed by atoms with Gasteiger partial charge in [-0.15, -0.1) is 0 Å². The molecule has 0 aromatic rings. The number of hydrogen-bond acceptors (Lipinski definition) is 2. The number of nitrogens with one attached hydrogen (secondary N) is 1. The summed E-state index contributed by atoms with van der Waals surface area (Å²) in [7, 11) is 0. The van der Waals surface area contributed by atoms with E-state index in [-0.39, 0.29) is 0 Å². The maximum absolute atomic E-state index is 6.02. The predicted octanol–water partition coefficient (Wildman–Crippen LogP) is 4.53. The minimum absolute atomic E-state index is 0.476. The van der Waals surface area contributed by atoms with Gasteiger partial charge in [0.1, 0.15) is 0 Å². The lowest BCUT2D eigenvalue weighted by Gasteiger charge is -2.45. The summed E-state index contributed by atoms with van der Waals surface area (Å²) < 4.78 is 6.02. The topological polar surface area (TPSA) is 21.3 Å². The average Bonchev–Trinajstić information content (AvgIpc) is 2.32. The Morgan fingerprint density at radius 2 is 1.55 bits per heavy atom. The van der Waals surface area contributed by atoms with Crippen molar-refractivity contribution in [2.24, 2.45) is 10.8 Å². The highest BCUT2D eigenvalue weighted by molar-refractivity contribution is 4.92. The molecule has 2 aliphatic carbocycles. The fraction of sp³-hybridized carbons (Fsp3) is 1.00. The average molecular weight is 281 g/mol. The smallest absolute Gasteiger partial charge is 0.0594 e. The Kier molecular flexibility index (Phi) is 5.53. The van der Waals surface area contributed by atoms with Crippen LogP contribution in [0.2, 0.25) is 0 Å². The summed E-state index contributed by atoms with van der Waals surface area (Å²) in [5.74, 6) is 0. The molecule has 118 valence electrons. The van der Waals surface area contributed by atoms with Gasteiger partial charge in [-0.25, -0.2) is 0 Å². The summed E-state index contributed by atoms with van der Waals surface area (Å²) in [5, 5.41) is 3.75. The van der Waals surface area contributed by atoms with Crippen molar-refractivity contribution in [1.82, 2.24) is 5.32 Å². The third kappa shape index (κ3) is 5.37. The van der Waals surface area contributed by atoms with Gasteiger partial charge in [0.2, 0.25) is 0 Å². The lowest BCUT2D eigenvalue weighted by Crippen LogP contribution is -2.44. The number of rotatable bonds is 5. The van der Waals surface area contributed by atoms with Gasteiger partial charge in [0.15, 0.2) is 0 Å². The van der Waals surface area contributed by atoms with Crippen molar-refractivity contribution in [3.8, 4) is 0 Å². The molecular formula is C18H35NO. The van der Waals surface area contributed by atoms with Gasteiger partial charge in [-0.3, -0.25) is 0 Å². The first-order valence-corrected chi connectivity index (χ1v) is 8.71. The molecule has 0 aromatic heterocycles. The molecule has 2 nitrogen and oxygen atoms in total. The minimum Gasteiger partial charge on any atom is -0.377 e. The maximum atomic E-state index is 6.02. The second-order valence-electron chi connectivity index (χ2n) is 8.70. The van der Waals surface area contributed by atoms with Crippen molar-refractivity contribution < 1.29 is 4.74 Å². The van der Waals surface area contributed by atoms with Crippen molar-refractivity contribution in [2.45, 2.75) is 91.2 Å². The van der Waals surface area contributed by atoms with E-state index in [1.54, 1.807) is 0 Å². The molecule has 0 heterocycles. The van der Waals surface area contributed by atoms with Crippen LogP contribution in [0.1, 0.15) is 79.1 Å². The van der Waals surface area contributed by atoms with Gasteiger partial charge in [0, 0.05) is 12.6 Å². The molecule has 0 aliphatic heterocycles. The monoisotopic (exact) mass is 281 g/mol. The van der Waals surface area contributed by atoms with E-state index in [0.29, 0.717) is 23.0 Å². The van der Waals surface area contributed by atoms with Gasteiger partial charge in [-0.2, -0.15) is 0 Å². The summed E-state index contributed by atoms with van der Waals surface area (Å²) in [5.41, 5.74) is 0.952. The molecular weight excluding hydrogens is 246 g/mol. The zero-order valence-corrected chi connectivity index (χ0v) is 14.1. The van der Waals surface area contributed by atoms with Gasteiger partial charge < -0.3 is 10.1 Å². The Labute approximate surface area is 126 Å². The first kappa shape index (κ1) is 16.3. The van der Waals surface area contributed by atoms with Gasteiger partial charge in [0.05, 0.1) is 12.7 Å². The highest BCUT2D eigenvalue weighted by Gasteiger charge is 2.38. The minimum atomic E-state index is 0.476. The molecule has 2 heteroatoms. The first-order valence-electron chi connectivity index (χ1n) is 8.71. The van der Waals surface area contributed by atoms with Crippen molar-refractivity contribution in [3.05, 3.63) is 0 Å². The fourth-order valence-corrected chi connectivity index (χ4v) is 4.71. The Balaban J connectivity index is 1.65. The Bertz CT molecular complexity index is 276. The molecule has 0 amide bonds. The van der Waals surface area contributed by atoms with E-state index in [1.807, 2.05) is 0 Å². The van der Waals surface area contributed by atoms with Crippen molar-refractivity contribution in [1.29, 1.82) is 0 Å². The summed E-state index contributed by atoms with van der Waals surface area (Å²) in [4.78, 5) is 0. The molecule has 2 saturated carbocycles. The van der Waals surface area contributed by atoms with Crippen LogP contribution in [0, 0.1) is 10.8 Å². The number of hydrogen-bond donors (Lipinski definition) is 1. The molecule has 0 aromatic carbocycles. The Morgan fingerprint density at radius 3 is 2.15 bits per heavy atom. The Hall–Kier alpha value is -0.0800. The van der Waals surface area contributed by atoms with E-state index in [9.17, 15) is 0 Å². The van der Waals surface area contributed by atoms with Crippen LogP contribution in [0.3, 0.4) is 0 Å². The maximum Gasteiger partial charge on any atom is 0.0594 e. The third-order valence-electron chi connectivity index (χ3n) is 5.00. The lowest BCUT2D eigenvalue weighted by atomic mass is 9.63. The van der Waals surface area contributed by atoms with E-state index < -0.39 is 0 Å². The molecule has 1 N–H and O–H groups in total. The summed E-state index contributed by atoms with van der Waals surface area (Å²) >= 11 is 0. The van der Waals surface area contributed by atoms with Gasteiger partial charge in [0.25, 0.3) is 0 Å². The molecule has 2 aliphatic rings. The van der Waals surface area contributed by atoms with Crippen LogP contribution in [-0.2, 0) is 4.74 Å². The predicted molar refractivity (Wildman–Crippen MR) is 86.0 cm³/mol. The fourth-order valence-electron chi connectivity index (χ4n) is 4.71. The quantitative estimate of drug-likeness (QED) is 0.748. The molecule has 20 heavy (non-hydrogen) atoms. The van der Waals surface area contributed by atoms with Gasteiger partial charge in [-0.1, -0.05) is 47.0 Å². The molecule has 0 unspecified atom stereocenters. The van der Waals surface area contributed by atoms with Crippen LogP contribution in [0.15, 0.2) is 0 Å². The molecule has 0 spiro atoms. The summed E-state index contributed by atoms with van der Waals surface area (Å²) in [6.45, 7) is 11.6. The molecule has 2 fully saturated rings. The van der Waals surface area contributed by atoms with E-state index in [1.165, 1.54) is 51.4 Å². The van der Waals surface area contributed by atoms with Crippen LogP contribution in [0.5, 0.6) is 0 Å². The van der Waals surface area contributed by atoms with Crippen LogP contribution in [0.4, 0.5) is 0 Å². The van der Waals surface area contributed by atoms with Crippen molar-refractivity contribution in [2.75, 3.05) is 13.2 Å². The molecule has 2 rings (SSSR count). The number of ether oxygens (including phenoxy) is 1. The van der Waals surface area contributed by atoms with Crippen LogP contribution >= 0.6 is 0 Å². The zero-order valence-electron chi connectivity index (χ0n) is 14.1.